The summed E-state index contributed by atoms with van der Waals surface area (Å²) in [5, 5.41) is 3.20. The van der Waals surface area contributed by atoms with Gasteiger partial charge in [0.05, 0.1) is 7.11 Å². The summed E-state index contributed by atoms with van der Waals surface area (Å²) in [6, 6.07) is 7.72. The van der Waals surface area contributed by atoms with Crippen LogP contribution in [0.4, 0.5) is 0 Å². The van der Waals surface area contributed by atoms with Crippen LogP contribution in [0.5, 0.6) is 0 Å². The molecule has 15 heavy (non-hydrogen) atoms. The minimum absolute atomic E-state index is 0.214. The van der Waals surface area contributed by atoms with Gasteiger partial charge in [0.25, 0.3) is 0 Å². The highest BCUT2D eigenvalue weighted by Gasteiger charge is 2.29. The van der Waals surface area contributed by atoms with Gasteiger partial charge in [-0.1, -0.05) is 31.2 Å². The van der Waals surface area contributed by atoms with Crippen molar-refractivity contribution in [3.05, 3.63) is 35.4 Å². The van der Waals surface area contributed by atoms with Crippen molar-refractivity contribution in [1.82, 2.24) is 5.32 Å². The van der Waals surface area contributed by atoms with Crippen LogP contribution in [0.3, 0.4) is 0 Å². The van der Waals surface area contributed by atoms with Crippen LogP contribution in [-0.2, 0) is 9.53 Å². The first kappa shape index (κ1) is 10.2. The zero-order chi connectivity index (χ0) is 10.8. The fourth-order valence-electron chi connectivity index (χ4n) is 2.07. The highest BCUT2D eigenvalue weighted by atomic mass is 16.5. The van der Waals surface area contributed by atoms with E-state index >= 15 is 0 Å². The molecule has 0 saturated carbocycles. The summed E-state index contributed by atoms with van der Waals surface area (Å²) in [6.07, 6.45) is 0. The molecule has 0 bridgehead atoms. The molecule has 0 spiro atoms. The predicted octanol–water partition coefficient (Wildman–Crippen LogP) is 1.61. The Labute approximate surface area is 89.4 Å². The largest absolute Gasteiger partial charge is 0.468 e. The maximum absolute atomic E-state index is 11.6. The van der Waals surface area contributed by atoms with Gasteiger partial charge in [-0.25, -0.2) is 4.79 Å². The number of hydrogen-bond acceptors (Lipinski definition) is 3. The lowest BCUT2D eigenvalue weighted by Gasteiger charge is -2.29. The summed E-state index contributed by atoms with van der Waals surface area (Å²) in [4.78, 5) is 11.6. The van der Waals surface area contributed by atoms with Crippen LogP contribution in [0.2, 0.25) is 0 Å². The molecule has 0 amide bonds. The van der Waals surface area contributed by atoms with Gasteiger partial charge in [0.15, 0.2) is 0 Å². The maximum Gasteiger partial charge on any atom is 0.327 e. The fourth-order valence-corrected chi connectivity index (χ4v) is 2.07. The fraction of sp³-hybridized carbons (Fsp3) is 0.417. The molecule has 1 aliphatic rings. The van der Waals surface area contributed by atoms with Crippen molar-refractivity contribution in [2.45, 2.75) is 18.9 Å². The third-order valence-corrected chi connectivity index (χ3v) is 2.90. The Morgan fingerprint density at radius 3 is 2.73 bits per heavy atom. The number of esters is 1. The molecule has 80 valence electrons. The van der Waals surface area contributed by atoms with Gasteiger partial charge < -0.3 is 10.1 Å². The second kappa shape index (κ2) is 4.03. The van der Waals surface area contributed by atoms with Crippen molar-refractivity contribution in [2.24, 2.45) is 0 Å². The molecule has 3 nitrogen and oxygen atoms in total. The van der Waals surface area contributed by atoms with Crippen molar-refractivity contribution < 1.29 is 9.53 Å². The number of benzene rings is 1. The van der Waals surface area contributed by atoms with E-state index in [4.69, 9.17) is 4.74 Å². The summed E-state index contributed by atoms with van der Waals surface area (Å²) in [7, 11) is 1.42. The van der Waals surface area contributed by atoms with Crippen LogP contribution in [0, 0.1) is 0 Å². The molecule has 0 aromatic heterocycles. The van der Waals surface area contributed by atoms with Gasteiger partial charge >= 0.3 is 5.97 Å². The SMILES string of the molecule is COC(=O)C1NCC(C)c2ccccc21. The Morgan fingerprint density at radius 1 is 1.40 bits per heavy atom. The Morgan fingerprint density at radius 2 is 2.07 bits per heavy atom. The first-order chi connectivity index (χ1) is 7.24. The molecule has 3 heteroatoms. The number of methoxy groups -OCH3 is 1. The first-order valence-electron chi connectivity index (χ1n) is 5.14. The van der Waals surface area contributed by atoms with Crippen molar-refractivity contribution in [3.8, 4) is 0 Å². The molecular formula is C12H15NO2. The quantitative estimate of drug-likeness (QED) is 0.708. The molecule has 1 aliphatic heterocycles. The normalized spacial score (nSPS) is 24.4. The van der Waals surface area contributed by atoms with Gasteiger partial charge in [-0.15, -0.1) is 0 Å². The lowest BCUT2D eigenvalue weighted by Crippen LogP contribution is -2.37. The average Bonchev–Trinajstić information content (AvgIpc) is 2.29. The number of carbonyl (C=O) groups is 1. The van der Waals surface area contributed by atoms with E-state index in [-0.39, 0.29) is 12.0 Å². The van der Waals surface area contributed by atoms with Crippen molar-refractivity contribution in [1.29, 1.82) is 0 Å². The molecular weight excluding hydrogens is 190 g/mol. The molecule has 0 aliphatic carbocycles. The van der Waals surface area contributed by atoms with Gasteiger partial charge in [0.1, 0.15) is 6.04 Å². The van der Waals surface area contributed by atoms with Gasteiger partial charge in [-0.2, -0.15) is 0 Å². The average molecular weight is 205 g/mol. The van der Waals surface area contributed by atoms with E-state index in [1.54, 1.807) is 0 Å². The summed E-state index contributed by atoms with van der Waals surface area (Å²) in [5.41, 5.74) is 2.29. The smallest absolute Gasteiger partial charge is 0.327 e. The van der Waals surface area contributed by atoms with E-state index < -0.39 is 0 Å². The lowest BCUT2D eigenvalue weighted by molar-refractivity contribution is -0.143. The lowest BCUT2D eigenvalue weighted by atomic mass is 9.88. The number of ether oxygens (including phenoxy) is 1. The molecule has 1 aromatic rings. The number of carbonyl (C=O) groups excluding carboxylic acids is 1. The van der Waals surface area contributed by atoms with Crippen LogP contribution < -0.4 is 5.32 Å². The molecule has 2 atom stereocenters. The highest BCUT2D eigenvalue weighted by Crippen LogP contribution is 2.29. The predicted molar refractivity (Wildman–Crippen MR) is 57.6 cm³/mol. The Kier molecular flexibility index (Phi) is 2.73. The zero-order valence-corrected chi connectivity index (χ0v) is 8.99. The summed E-state index contributed by atoms with van der Waals surface area (Å²) < 4.78 is 4.78. The van der Waals surface area contributed by atoms with E-state index in [2.05, 4.69) is 18.3 Å². The molecule has 2 unspecified atom stereocenters. The first-order valence-corrected chi connectivity index (χ1v) is 5.14. The Bertz CT molecular complexity index is 376. The van der Waals surface area contributed by atoms with Crippen LogP contribution in [-0.4, -0.2) is 19.6 Å². The van der Waals surface area contributed by atoms with Crippen LogP contribution in [0.1, 0.15) is 30.0 Å². The third kappa shape index (κ3) is 1.75. The van der Waals surface area contributed by atoms with E-state index in [0.29, 0.717) is 5.92 Å². The summed E-state index contributed by atoms with van der Waals surface area (Å²) in [5.74, 6) is 0.233. The maximum atomic E-state index is 11.6. The molecule has 0 radical (unpaired) electrons. The molecule has 1 aromatic carbocycles. The summed E-state index contributed by atoms with van der Waals surface area (Å²) >= 11 is 0. The molecule has 0 fully saturated rings. The van der Waals surface area contributed by atoms with Crippen LogP contribution in [0.15, 0.2) is 24.3 Å². The third-order valence-electron chi connectivity index (χ3n) is 2.90. The second-order valence-corrected chi connectivity index (χ2v) is 3.89. The molecule has 1 N–H and O–H groups in total. The van der Waals surface area contributed by atoms with Gasteiger partial charge in [0, 0.05) is 6.54 Å². The number of fused-ring (bicyclic) bond motifs is 1. The van der Waals surface area contributed by atoms with E-state index in [9.17, 15) is 4.79 Å². The van der Waals surface area contributed by atoms with Gasteiger partial charge in [0.2, 0.25) is 0 Å². The topological polar surface area (TPSA) is 38.3 Å². The minimum atomic E-state index is -0.303. The standard InChI is InChI=1S/C12H15NO2/c1-8-7-13-11(12(14)15-2)10-6-4-3-5-9(8)10/h3-6,8,11,13H,7H2,1-2H3. The summed E-state index contributed by atoms with van der Waals surface area (Å²) in [6.45, 7) is 2.97. The van der Waals surface area contributed by atoms with E-state index in [1.807, 2.05) is 18.2 Å². The minimum Gasteiger partial charge on any atom is -0.468 e. The van der Waals surface area contributed by atoms with E-state index in [0.717, 1.165) is 12.1 Å². The van der Waals surface area contributed by atoms with Gasteiger partial charge in [-0.05, 0) is 17.0 Å². The van der Waals surface area contributed by atoms with Crippen molar-refractivity contribution in [3.63, 3.8) is 0 Å². The highest BCUT2D eigenvalue weighted by molar-refractivity contribution is 5.78. The molecule has 0 saturated heterocycles. The zero-order valence-electron chi connectivity index (χ0n) is 8.99. The second-order valence-electron chi connectivity index (χ2n) is 3.89. The Hall–Kier alpha value is -1.35. The van der Waals surface area contributed by atoms with Crippen LogP contribution >= 0.6 is 0 Å². The molecule has 2 rings (SSSR count). The monoisotopic (exact) mass is 205 g/mol. The van der Waals surface area contributed by atoms with Gasteiger partial charge in [-0.3, -0.25) is 0 Å². The molecule has 1 heterocycles. The number of rotatable bonds is 1. The number of hydrogen-bond donors (Lipinski definition) is 1. The van der Waals surface area contributed by atoms with Crippen LogP contribution in [0.25, 0.3) is 0 Å². The van der Waals surface area contributed by atoms with E-state index in [1.165, 1.54) is 12.7 Å². The Balaban J connectivity index is 2.40. The van der Waals surface area contributed by atoms with Crippen molar-refractivity contribution >= 4 is 5.97 Å². The number of nitrogens with one attached hydrogen (secondary N) is 1. The van der Waals surface area contributed by atoms with Crippen molar-refractivity contribution in [2.75, 3.05) is 13.7 Å².